The maximum Gasteiger partial charge on any atom is 0.225 e. The smallest absolute Gasteiger partial charge is 0.225 e. The molecule has 1 atom stereocenters. The highest BCUT2D eigenvalue weighted by Gasteiger charge is 2.09. The Hall–Kier alpha value is -2.92. The summed E-state index contributed by atoms with van der Waals surface area (Å²) in [6.07, 6.45) is 0. The van der Waals surface area contributed by atoms with Gasteiger partial charge >= 0.3 is 0 Å². The van der Waals surface area contributed by atoms with Gasteiger partial charge < -0.3 is 15.7 Å². The van der Waals surface area contributed by atoms with E-state index in [4.69, 9.17) is 0 Å². The zero-order chi connectivity index (χ0) is 18.4. The van der Waals surface area contributed by atoms with Gasteiger partial charge in [0.15, 0.2) is 0 Å². The van der Waals surface area contributed by atoms with Crippen molar-refractivity contribution >= 4 is 11.8 Å². The molecule has 0 bridgehead atoms. The predicted molar refractivity (Wildman–Crippen MR) is 106 cm³/mol. The van der Waals surface area contributed by atoms with Gasteiger partial charge in [0.2, 0.25) is 5.95 Å². The minimum absolute atomic E-state index is 0.0187. The van der Waals surface area contributed by atoms with Gasteiger partial charge in [0, 0.05) is 24.2 Å². The molecule has 0 unspecified atom stereocenters. The first kappa shape index (κ1) is 17.9. The lowest BCUT2D eigenvalue weighted by atomic mass is 10.1. The summed E-state index contributed by atoms with van der Waals surface area (Å²) < 4.78 is 0. The fourth-order valence-electron chi connectivity index (χ4n) is 2.62. The second kappa shape index (κ2) is 8.45. The van der Waals surface area contributed by atoms with Gasteiger partial charge in [0.1, 0.15) is 5.82 Å². The van der Waals surface area contributed by atoms with E-state index in [1.165, 1.54) is 11.1 Å². The van der Waals surface area contributed by atoms with Crippen molar-refractivity contribution in [2.45, 2.75) is 26.4 Å². The summed E-state index contributed by atoms with van der Waals surface area (Å²) >= 11 is 0. The molecule has 0 saturated heterocycles. The number of aromatic nitrogens is 2. The van der Waals surface area contributed by atoms with Crippen molar-refractivity contribution in [1.82, 2.24) is 9.97 Å². The molecule has 0 radical (unpaired) electrons. The SMILES string of the molecule is Cc1ccccc1CNc1cc(-c2ccccc2)nc(N[C@@H](C)CO)n1. The van der Waals surface area contributed by atoms with Crippen LogP contribution >= 0.6 is 0 Å². The van der Waals surface area contributed by atoms with Gasteiger partial charge in [-0.15, -0.1) is 0 Å². The molecule has 0 spiro atoms. The molecule has 0 saturated carbocycles. The van der Waals surface area contributed by atoms with Crippen LogP contribution in [0, 0.1) is 6.92 Å². The number of aryl methyl sites for hydroxylation is 1. The molecule has 2 aromatic carbocycles. The summed E-state index contributed by atoms with van der Waals surface area (Å²) in [5.41, 5.74) is 4.32. The summed E-state index contributed by atoms with van der Waals surface area (Å²) in [6, 6.07) is 20.1. The molecule has 3 N–H and O–H groups in total. The van der Waals surface area contributed by atoms with Crippen LogP contribution in [0.25, 0.3) is 11.3 Å². The number of nitrogens with zero attached hydrogens (tertiary/aromatic N) is 2. The normalized spacial score (nSPS) is 11.8. The van der Waals surface area contributed by atoms with Crippen molar-refractivity contribution in [2.75, 3.05) is 17.2 Å². The molecular formula is C21H24N4O. The third-order valence-electron chi connectivity index (χ3n) is 4.17. The van der Waals surface area contributed by atoms with Crippen LogP contribution in [0.4, 0.5) is 11.8 Å². The molecule has 1 aromatic heterocycles. The zero-order valence-electron chi connectivity index (χ0n) is 15.1. The van der Waals surface area contributed by atoms with Crippen molar-refractivity contribution in [1.29, 1.82) is 0 Å². The van der Waals surface area contributed by atoms with E-state index in [0.717, 1.165) is 17.1 Å². The summed E-state index contributed by atoms with van der Waals surface area (Å²) in [6.45, 7) is 4.69. The predicted octanol–water partition coefficient (Wildman–Crippen LogP) is 3.86. The average Bonchev–Trinajstić information content (AvgIpc) is 2.68. The van der Waals surface area contributed by atoms with Gasteiger partial charge in [-0.2, -0.15) is 4.98 Å². The second-order valence-electron chi connectivity index (χ2n) is 6.34. The van der Waals surface area contributed by atoms with Crippen molar-refractivity contribution < 1.29 is 5.11 Å². The van der Waals surface area contributed by atoms with Crippen LogP contribution in [0.5, 0.6) is 0 Å². The lowest BCUT2D eigenvalue weighted by Crippen LogP contribution is -2.21. The lowest BCUT2D eigenvalue weighted by molar-refractivity contribution is 0.281. The van der Waals surface area contributed by atoms with Gasteiger partial charge in [-0.05, 0) is 25.0 Å². The molecule has 26 heavy (non-hydrogen) atoms. The van der Waals surface area contributed by atoms with Gasteiger partial charge in [-0.1, -0.05) is 54.6 Å². The van der Waals surface area contributed by atoms with E-state index in [1.54, 1.807) is 0 Å². The maximum absolute atomic E-state index is 9.30. The van der Waals surface area contributed by atoms with Crippen LogP contribution in [0.3, 0.4) is 0 Å². The van der Waals surface area contributed by atoms with E-state index in [-0.39, 0.29) is 12.6 Å². The maximum atomic E-state index is 9.30. The standard InChI is InChI=1S/C21H24N4O/c1-15-8-6-7-11-18(15)13-22-20-12-19(17-9-4-3-5-10-17)24-21(25-20)23-16(2)14-26/h3-12,16,26H,13-14H2,1-2H3,(H2,22,23,24,25)/t16-/m0/s1. The first-order chi connectivity index (χ1) is 12.7. The molecule has 5 nitrogen and oxygen atoms in total. The fraction of sp³-hybridized carbons (Fsp3) is 0.238. The van der Waals surface area contributed by atoms with E-state index in [0.29, 0.717) is 12.5 Å². The first-order valence-electron chi connectivity index (χ1n) is 8.76. The molecule has 0 aliphatic heterocycles. The minimum Gasteiger partial charge on any atom is -0.394 e. The number of aliphatic hydroxyl groups excluding tert-OH is 1. The topological polar surface area (TPSA) is 70.1 Å². The number of anilines is 2. The van der Waals surface area contributed by atoms with Crippen LogP contribution < -0.4 is 10.6 Å². The van der Waals surface area contributed by atoms with Gasteiger partial charge in [0.05, 0.1) is 12.3 Å². The third-order valence-corrected chi connectivity index (χ3v) is 4.17. The van der Waals surface area contributed by atoms with E-state index < -0.39 is 0 Å². The van der Waals surface area contributed by atoms with Crippen molar-refractivity contribution in [2.24, 2.45) is 0 Å². The van der Waals surface area contributed by atoms with Crippen molar-refractivity contribution in [3.63, 3.8) is 0 Å². The van der Waals surface area contributed by atoms with Crippen LogP contribution in [0.1, 0.15) is 18.1 Å². The highest BCUT2D eigenvalue weighted by molar-refractivity contribution is 5.64. The molecule has 0 fully saturated rings. The monoisotopic (exact) mass is 348 g/mol. The number of aliphatic hydroxyl groups is 1. The largest absolute Gasteiger partial charge is 0.394 e. The zero-order valence-corrected chi connectivity index (χ0v) is 15.1. The fourth-order valence-corrected chi connectivity index (χ4v) is 2.62. The Balaban J connectivity index is 1.88. The Kier molecular flexibility index (Phi) is 5.81. The summed E-state index contributed by atoms with van der Waals surface area (Å²) in [5, 5.41) is 15.8. The minimum atomic E-state index is -0.120. The third kappa shape index (κ3) is 4.58. The Labute approximate surface area is 154 Å². The van der Waals surface area contributed by atoms with Crippen LogP contribution in [0.15, 0.2) is 60.7 Å². The number of nitrogens with one attached hydrogen (secondary N) is 2. The molecule has 3 aromatic rings. The Morgan fingerprint density at radius 2 is 1.73 bits per heavy atom. The summed E-state index contributed by atoms with van der Waals surface area (Å²) in [5.74, 6) is 1.25. The molecule has 1 heterocycles. The van der Waals surface area contributed by atoms with Gasteiger partial charge in [0.25, 0.3) is 0 Å². The molecule has 0 aliphatic carbocycles. The van der Waals surface area contributed by atoms with Gasteiger partial charge in [-0.3, -0.25) is 0 Å². The van der Waals surface area contributed by atoms with Crippen LogP contribution in [-0.2, 0) is 6.54 Å². The molecule has 0 amide bonds. The first-order valence-corrected chi connectivity index (χ1v) is 8.76. The van der Waals surface area contributed by atoms with Gasteiger partial charge in [-0.25, -0.2) is 4.98 Å². The molecular weight excluding hydrogens is 324 g/mol. The summed E-state index contributed by atoms with van der Waals surface area (Å²) in [7, 11) is 0. The molecule has 5 heteroatoms. The average molecular weight is 348 g/mol. The Morgan fingerprint density at radius 1 is 1.00 bits per heavy atom. The molecule has 134 valence electrons. The number of hydrogen-bond donors (Lipinski definition) is 3. The number of benzene rings is 2. The highest BCUT2D eigenvalue weighted by atomic mass is 16.3. The van der Waals surface area contributed by atoms with E-state index in [1.807, 2.05) is 55.5 Å². The van der Waals surface area contributed by atoms with E-state index in [2.05, 4.69) is 39.7 Å². The van der Waals surface area contributed by atoms with Crippen molar-refractivity contribution in [3.05, 3.63) is 71.8 Å². The second-order valence-corrected chi connectivity index (χ2v) is 6.34. The van der Waals surface area contributed by atoms with Crippen LogP contribution in [-0.4, -0.2) is 27.7 Å². The molecule has 3 rings (SSSR count). The highest BCUT2D eigenvalue weighted by Crippen LogP contribution is 2.22. The molecule has 0 aliphatic rings. The Morgan fingerprint density at radius 3 is 2.46 bits per heavy atom. The lowest BCUT2D eigenvalue weighted by Gasteiger charge is -2.14. The van der Waals surface area contributed by atoms with E-state index >= 15 is 0 Å². The quantitative estimate of drug-likeness (QED) is 0.605. The Bertz CT molecular complexity index is 852. The van der Waals surface area contributed by atoms with Crippen molar-refractivity contribution in [3.8, 4) is 11.3 Å². The summed E-state index contributed by atoms with van der Waals surface area (Å²) in [4.78, 5) is 9.14. The number of rotatable bonds is 7. The number of hydrogen-bond acceptors (Lipinski definition) is 5. The van der Waals surface area contributed by atoms with Crippen LogP contribution in [0.2, 0.25) is 0 Å². The van der Waals surface area contributed by atoms with E-state index in [9.17, 15) is 5.11 Å².